The number of sulfone groups is 1. The summed E-state index contributed by atoms with van der Waals surface area (Å²) in [6.45, 7) is 6.58. The maximum atomic E-state index is 12.4. The Morgan fingerprint density at radius 3 is 2.36 bits per heavy atom. The fourth-order valence-corrected chi connectivity index (χ4v) is 5.16. The summed E-state index contributed by atoms with van der Waals surface area (Å²) in [7, 11) is -3.49. The molecule has 0 radical (unpaired) electrons. The molecule has 1 N–H and O–H groups in total. The van der Waals surface area contributed by atoms with Gasteiger partial charge in [0.25, 0.3) is 0 Å². The first-order valence-corrected chi connectivity index (χ1v) is 11.8. The van der Waals surface area contributed by atoms with E-state index in [4.69, 9.17) is 0 Å². The molecular weight excluding hydrogens is 372 g/mol. The van der Waals surface area contributed by atoms with E-state index in [1.54, 1.807) is 0 Å². The number of rotatable bonds is 7. The molecule has 0 spiro atoms. The molecule has 1 aliphatic carbocycles. The minimum Gasteiger partial charge on any atom is -0.337 e. The van der Waals surface area contributed by atoms with Crippen LogP contribution in [0.4, 0.5) is 0 Å². The third-order valence-electron chi connectivity index (χ3n) is 5.77. The Morgan fingerprint density at radius 2 is 1.82 bits per heavy atom. The van der Waals surface area contributed by atoms with E-state index in [-0.39, 0.29) is 11.2 Å². The number of hydrogen-bond acceptors (Lipinski definition) is 4. The highest BCUT2D eigenvalue weighted by atomic mass is 32.2. The number of carbonyl (C=O) groups is 1. The summed E-state index contributed by atoms with van der Waals surface area (Å²) in [6.07, 6.45) is 4.02. The Hall–Kier alpha value is -1.87. The molecular formula is C22H32N2O3S. The quantitative estimate of drug-likeness (QED) is 0.751. The van der Waals surface area contributed by atoms with E-state index in [1.165, 1.54) is 0 Å². The minimum atomic E-state index is -3.49. The van der Waals surface area contributed by atoms with Crippen LogP contribution in [-0.2, 0) is 21.1 Å². The van der Waals surface area contributed by atoms with E-state index >= 15 is 0 Å². The highest BCUT2D eigenvalue weighted by Gasteiger charge is 2.40. The lowest BCUT2D eigenvalue weighted by atomic mass is 9.67. The summed E-state index contributed by atoms with van der Waals surface area (Å²) in [4.78, 5) is 12.4. The first kappa shape index (κ1) is 22.4. The van der Waals surface area contributed by atoms with Crippen LogP contribution in [0.3, 0.4) is 0 Å². The lowest BCUT2D eigenvalue weighted by Crippen LogP contribution is -2.52. The number of carbonyl (C=O) groups excluding carboxylic acids is 1. The average molecular weight is 405 g/mol. The van der Waals surface area contributed by atoms with Crippen LogP contribution in [0.15, 0.2) is 30.3 Å². The molecule has 0 bridgehead atoms. The monoisotopic (exact) mass is 404 g/mol. The van der Waals surface area contributed by atoms with Crippen molar-refractivity contribution < 1.29 is 13.2 Å². The van der Waals surface area contributed by atoms with Gasteiger partial charge in [0.05, 0.1) is 11.8 Å². The van der Waals surface area contributed by atoms with E-state index in [2.05, 4.69) is 32.2 Å². The summed E-state index contributed by atoms with van der Waals surface area (Å²) in [5.74, 6) is -0.627. The first-order valence-electron chi connectivity index (χ1n) is 10.0. The van der Waals surface area contributed by atoms with Crippen LogP contribution in [0.1, 0.15) is 58.4 Å². The first-order chi connectivity index (χ1) is 13.1. The van der Waals surface area contributed by atoms with Gasteiger partial charge in [0.1, 0.15) is 11.3 Å². The van der Waals surface area contributed by atoms with Gasteiger partial charge in [-0.3, -0.25) is 4.79 Å². The second-order valence-electron chi connectivity index (χ2n) is 9.06. The van der Waals surface area contributed by atoms with Crippen LogP contribution in [0, 0.1) is 22.7 Å². The number of nitrogens with zero attached hydrogens (tertiary/aromatic N) is 1. The van der Waals surface area contributed by atoms with E-state index in [1.807, 2.05) is 30.3 Å². The molecule has 28 heavy (non-hydrogen) atoms. The third-order valence-corrected chi connectivity index (χ3v) is 7.38. The van der Waals surface area contributed by atoms with Crippen LogP contribution in [0.5, 0.6) is 0 Å². The van der Waals surface area contributed by atoms with Gasteiger partial charge in [-0.25, -0.2) is 8.42 Å². The Kier molecular flexibility index (Phi) is 7.28. The van der Waals surface area contributed by atoms with Crippen molar-refractivity contribution in [3.05, 3.63) is 35.9 Å². The number of amides is 1. The fourth-order valence-electron chi connectivity index (χ4n) is 3.96. The van der Waals surface area contributed by atoms with E-state index in [0.717, 1.165) is 18.4 Å². The summed E-state index contributed by atoms with van der Waals surface area (Å²) < 4.78 is 24.6. The number of hydrogen-bond donors (Lipinski definition) is 1. The third kappa shape index (κ3) is 6.63. The van der Waals surface area contributed by atoms with Gasteiger partial charge in [-0.05, 0) is 55.4 Å². The van der Waals surface area contributed by atoms with Gasteiger partial charge in [0.15, 0.2) is 9.84 Å². The molecule has 1 aromatic carbocycles. The number of benzene rings is 1. The molecule has 0 heterocycles. The topological polar surface area (TPSA) is 87.0 Å². The molecule has 0 saturated heterocycles. The van der Waals surface area contributed by atoms with Crippen LogP contribution in [0.2, 0.25) is 0 Å². The Bertz CT molecular complexity index is 796. The standard InChI is InChI=1S/C22H32N2O3S/c1-21(2,3)19-11-13-22(17-23,14-12-19)24-20(25)16-28(26,27)15-7-10-18-8-5-4-6-9-18/h4-6,8-9,19H,7,10-16H2,1-3H3,(H,24,25). The maximum Gasteiger partial charge on any atom is 0.236 e. The van der Waals surface area contributed by atoms with Crippen molar-refractivity contribution in [1.82, 2.24) is 5.32 Å². The number of nitriles is 1. The predicted octanol–water partition coefficient (Wildman–Crippen LogP) is 3.65. The molecule has 1 aromatic rings. The Morgan fingerprint density at radius 1 is 1.21 bits per heavy atom. The molecule has 2 rings (SSSR count). The van der Waals surface area contributed by atoms with E-state index in [0.29, 0.717) is 31.6 Å². The van der Waals surface area contributed by atoms with Gasteiger partial charge >= 0.3 is 0 Å². The highest BCUT2D eigenvalue weighted by molar-refractivity contribution is 7.92. The van der Waals surface area contributed by atoms with Gasteiger partial charge in [-0.15, -0.1) is 0 Å². The lowest BCUT2D eigenvalue weighted by molar-refractivity contribution is -0.120. The molecule has 0 aliphatic heterocycles. The number of nitrogens with one attached hydrogen (secondary N) is 1. The van der Waals surface area contributed by atoms with Crippen molar-refractivity contribution in [2.45, 2.75) is 64.8 Å². The van der Waals surface area contributed by atoms with Crippen LogP contribution in [-0.4, -0.2) is 31.4 Å². The zero-order chi connectivity index (χ0) is 20.8. The molecule has 1 amide bonds. The molecule has 1 saturated carbocycles. The largest absolute Gasteiger partial charge is 0.337 e. The second kappa shape index (κ2) is 9.09. The molecule has 0 aromatic heterocycles. The summed E-state index contributed by atoms with van der Waals surface area (Å²) in [5, 5.41) is 12.4. The molecule has 1 aliphatic rings. The average Bonchev–Trinajstić information content (AvgIpc) is 2.61. The van der Waals surface area contributed by atoms with Crippen molar-refractivity contribution in [1.29, 1.82) is 5.26 Å². The highest BCUT2D eigenvalue weighted by Crippen LogP contribution is 2.41. The van der Waals surface area contributed by atoms with Gasteiger partial charge in [0.2, 0.25) is 5.91 Å². The predicted molar refractivity (Wildman–Crippen MR) is 111 cm³/mol. The Balaban J connectivity index is 1.85. The Labute approximate surface area is 169 Å². The summed E-state index contributed by atoms with van der Waals surface area (Å²) in [5.41, 5.74) is 0.327. The van der Waals surface area contributed by atoms with E-state index < -0.39 is 27.0 Å². The number of aryl methyl sites for hydroxylation is 1. The van der Waals surface area contributed by atoms with Gasteiger partial charge in [-0.1, -0.05) is 51.1 Å². The maximum absolute atomic E-state index is 12.4. The molecule has 1 fully saturated rings. The van der Waals surface area contributed by atoms with Crippen molar-refractivity contribution in [3.8, 4) is 6.07 Å². The van der Waals surface area contributed by atoms with Crippen molar-refractivity contribution >= 4 is 15.7 Å². The van der Waals surface area contributed by atoms with Gasteiger partial charge in [0, 0.05) is 0 Å². The van der Waals surface area contributed by atoms with Crippen LogP contribution in [0.25, 0.3) is 0 Å². The molecule has 6 heteroatoms. The normalized spacial score (nSPS) is 23.0. The summed E-state index contributed by atoms with van der Waals surface area (Å²) in [6, 6.07) is 11.9. The van der Waals surface area contributed by atoms with Crippen molar-refractivity contribution in [2.75, 3.05) is 11.5 Å². The van der Waals surface area contributed by atoms with Crippen LogP contribution >= 0.6 is 0 Å². The molecule has 0 atom stereocenters. The van der Waals surface area contributed by atoms with Gasteiger partial charge in [-0.2, -0.15) is 5.26 Å². The van der Waals surface area contributed by atoms with Crippen molar-refractivity contribution in [2.24, 2.45) is 11.3 Å². The molecule has 154 valence electrons. The van der Waals surface area contributed by atoms with Gasteiger partial charge < -0.3 is 5.32 Å². The minimum absolute atomic E-state index is 0.0268. The van der Waals surface area contributed by atoms with E-state index in [9.17, 15) is 18.5 Å². The second-order valence-corrected chi connectivity index (χ2v) is 11.2. The smallest absolute Gasteiger partial charge is 0.236 e. The van der Waals surface area contributed by atoms with Crippen molar-refractivity contribution in [3.63, 3.8) is 0 Å². The molecule has 5 nitrogen and oxygen atoms in total. The van der Waals surface area contributed by atoms with Crippen LogP contribution < -0.4 is 5.32 Å². The lowest BCUT2D eigenvalue weighted by Gasteiger charge is -2.40. The zero-order valence-electron chi connectivity index (χ0n) is 17.2. The zero-order valence-corrected chi connectivity index (χ0v) is 18.0. The fraction of sp³-hybridized carbons (Fsp3) is 0.636. The molecule has 0 unspecified atom stereocenters. The summed E-state index contributed by atoms with van der Waals surface area (Å²) >= 11 is 0. The SMILES string of the molecule is CC(C)(C)C1CCC(C#N)(NC(=O)CS(=O)(=O)CCCc2ccccc2)CC1.